The molecule has 1 N–H and O–H groups in total. The van der Waals surface area contributed by atoms with Crippen LogP contribution in [-0.4, -0.2) is 41.1 Å². The Morgan fingerprint density at radius 3 is 3.33 bits per heavy atom. The maximum Gasteiger partial charge on any atom is 0.292 e. The molecule has 5 heteroatoms. The third-order valence-corrected chi connectivity index (χ3v) is 3.25. The Morgan fingerprint density at radius 2 is 2.60 bits per heavy atom. The number of carbonyl (C=O) groups is 1. The van der Waals surface area contributed by atoms with Crippen LogP contribution in [0.4, 0.5) is 0 Å². The van der Waals surface area contributed by atoms with E-state index < -0.39 is 0 Å². The number of carbonyl (C=O) groups excluding carboxylic acids is 1. The Kier molecular flexibility index (Phi) is 1.98. The lowest BCUT2D eigenvalue weighted by molar-refractivity contribution is 0.0141. The van der Waals surface area contributed by atoms with Crippen LogP contribution >= 0.6 is 0 Å². The van der Waals surface area contributed by atoms with Gasteiger partial charge in [0.2, 0.25) is 5.76 Å². The molecule has 15 heavy (non-hydrogen) atoms. The minimum atomic E-state index is -0.0301. The van der Waals surface area contributed by atoms with Crippen molar-refractivity contribution < 1.29 is 9.32 Å². The summed E-state index contributed by atoms with van der Waals surface area (Å²) in [6.07, 6.45) is 3.74. The fraction of sp³-hybridized carbons (Fsp3) is 0.600. The first-order valence-corrected chi connectivity index (χ1v) is 5.31. The van der Waals surface area contributed by atoms with Crippen molar-refractivity contribution in [1.29, 1.82) is 0 Å². The Bertz CT molecular complexity index is 363. The van der Waals surface area contributed by atoms with Crippen LogP contribution in [0.15, 0.2) is 16.8 Å². The van der Waals surface area contributed by atoms with E-state index in [9.17, 15) is 4.79 Å². The SMILES string of the molecule is O=C(c1ccno1)N1CC2NCCCC21. The molecule has 80 valence electrons. The number of likely N-dealkylation sites (tertiary alicyclic amines) is 1. The number of nitrogens with zero attached hydrogens (tertiary/aromatic N) is 2. The van der Waals surface area contributed by atoms with E-state index >= 15 is 0 Å². The monoisotopic (exact) mass is 207 g/mol. The number of nitrogens with one attached hydrogen (secondary N) is 1. The van der Waals surface area contributed by atoms with Gasteiger partial charge in [-0.25, -0.2) is 0 Å². The Hall–Kier alpha value is -1.36. The average Bonchev–Trinajstić information content (AvgIpc) is 2.72. The van der Waals surface area contributed by atoms with E-state index in [0.29, 0.717) is 17.8 Å². The van der Waals surface area contributed by atoms with Crippen LogP contribution in [0.2, 0.25) is 0 Å². The van der Waals surface area contributed by atoms with Gasteiger partial charge in [-0.1, -0.05) is 5.16 Å². The van der Waals surface area contributed by atoms with Crippen molar-refractivity contribution in [3.8, 4) is 0 Å². The van der Waals surface area contributed by atoms with Gasteiger partial charge in [-0.3, -0.25) is 4.79 Å². The fourth-order valence-electron chi connectivity index (χ4n) is 2.41. The first-order chi connectivity index (χ1) is 7.36. The predicted molar refractivity (Wildman–Crippen MR) is 52.4 cm³/mol. The summed E-state index contributed by atoms with van der Waals surface area (Å²) in [6, 6.07) is 2.47. The van der Waals surface area contributed by atoms with E-state index in [1.165, 1.54) is 6.20 Å². The zero-order valence-electron chi connectivity index (χ0n) is 8.35. The van der Waals surface area contributed by atoms with Gasteiger partial charge in [-0.05, 0) is 19.4 Å². The number of amides is 1. The van der Waals surface area contributed by atoms with Crippen LogP contribution in [0, 0.1) is 0 Å². The number of hydrogen-bond donors (Lipinski definition) is 1. The van der Waals surface area contributed by atoms with Crippen molar-refractivity contribution in [1.82, 2.24) is 15.4 Å². The highest BCUT2D eigenvalue weighted by Gasteiger charge is 2.43. The maximum atomic E-state index is 11.9. The van der Waals surface area contributed by atoms with E-state index in [0.717, 1.165) is 25.9 Å². The zero-order valence-corrected chi connectivity index (χ0v) is 8.35. The van der Waals surface area contributed by atoms with Gasteiger partial charge >= 0.3 is 0 Å². The molecule has 0 saturated carbocycles. The van der Waals surface area contributed by atoms with Crippen molar-refractivity contribution in [2.24, 2.45) is 0 Å². The molecule has 0 radical (unpaired) electrons. The normalized spacial score (nSPS) is 29.5. The van der Waals surface area contributed by atoms with Gasteiger partial charge in [0, 0.05) is 24.7 Å². The number of hydrogen-bond acceptors (Lipinski definition) is 4. The number of rotatable bonds is 1. The van der Waals surface area contributed by atoms with Gasteiger partial charge in [-0.15, -0.1) is 0 Å². The summed E-state index contributed by atoms with van der Waals surface area (Å²) >= 11 is 0. The Morgan fingerprint density at radius 1 is 1.67 bits per heavy atom. The lowest BCUT2D eigenvalue weighted by Gasteiger charge is -2.50. The summed E-state index contributed by atoms with van der Waals surface area (Å²) in [5.74, 6) is 0.316. The molecule has 3 heterocycles. The van der Waals surface area contributed by atoms with Crippen molar-refractivity contribution >= 4 is 5.91 Å². The van der Waals surface area contributed by atoms with Gasteiger partial charge in [0.1, 0.15) is 0 Å². The molecule has 2 fully saturated rings. The van der Waals surface area contributed by atoms with Gasteiger partial charge < -0.3 is 14.7 Å². The largest absolute Gasteiger partial charge is 0.351 e. The molecular weight excluding hydrogens is 194 g/mol. The van der Waals surface area contributed by atoms with Crippen molar-refractivity contribution in [2.45, 2.75) is 24.9 Å². The molecule has 1 aromatic rings. The average molecular weight is 207 g/mol. The quantitative estimate of drug-likeness (QED) is 0.717. The highest BCUT2D eigenvalue weighted by atomic mass is 16.5. The van der Waals surface area contributed by atoms with Crippen LogP contribution in [0.25, 0.3) is 0 Å². The standard InChI is InChI=1S/C10H13N3O2/c14-10(9-3-5-12-15-9)13-6-7-8(13)2-1-4-11-7/h3,5,7-8,11H,1-2,4,6H2. The maximum absolute atomic E-state index is 11.9. The summed E-state index contributed by atoms with van der Waals surface area (Å²) in [5, 5.41) is 6.96. The molecule has 2 aliphatic rings. The van der Waals surface area contributed by atoms with E-state index in [4.69, 9.17) is 4.52 Å². The summed E-state index contributed by atoms with van der Waals surface area (Å²) in [4.78, 5) is 13.8. The number of fused-ring (bicyclic) bond motifs is 1. The summed E-state index contributed by atoms with van der Waals surface area (Å²) in [6.45, 7) is 1.87. The minimum absolute atomic E-state index is 0.0301. The van der Waals surface area contributed by atoms with Crippen LogP contribution < -0.4 is 5.32 Å². The summed E-state index contributed by atoms with van der Waals surface area (Å²) in [5.41, 5.74) is 0. The van der Waals surface area contributed by atoms with Gasteiger partial charge in [0.25, 0.3) is 5.91 Å². The van der Waals surface area contributed by atoms with E-state index in [1.54, 1.807) is 6.07 Å². The van der Waals surface area contributed by atoms with Crippen LogP contribution in [0.1, 0.15) is 23.4 Å². The predicted octanol–water partition coefficient (Wildman–Crippen LogP) is 0.251. The molecule has 0 aliphatic carbocycles. The third kappa shape index (κ3) is 1.34. The molecule has 2 unspecified atom stereocenters. The molecule has 0 aromatic carbocycles. The molecule has 3 rings (SSSR count). The number of piperidine rings is 1. The number of aromatic nitrogens is 1. The second-order valence-electron chi connectivity index (χ2n) is 4.10. The summed E-state index contributed by atoms with van der Waals surface area (Å²) in [7, 11) is 0. The first kappa shape index (κ1) is 8.91. The molecule has 2 atom stereocenters. The second-order valence-corrected chi connectivity index (χ2v) is 4.10. The fourth-order valence-corrected chi connectivity index (χ4v) is 2.41. The first-order valence-electron chi connectivity index (χ1n) is 5.31. The highest BCUT2D eigenvalue weighted by molar-refractivity contribution is 5.92. The van der Waals surface area contributed by atoms with E-state index in [1.807, 2.05) is 4.90 Å². The second kappa shape index (κ2) is 3.34. The van der Waals surface area contributed by atoms with Crippen LogP contribution in [-0.2, 0) is 0 Å². The van der Waals surface area contributed by atoms with E-state index in [-0.39, 0.29) is 5.91 Å². The molecule has 0 spiro atoms. The molecule has 2 aliphatic heterocycles. The van der Waals surface area contributed by atoms with Crippen molar-refractivity contribution in [3.05, 3.63) is 18.0 Å². The smallest absolute Gasteiger partial charge is 0.292 e. The molecule has 2 saturated heterocycles. The highest BCUT2D eigenvalue weighted by Crippen LogP contribution is 2.27. The lowest BCUT2D eigenvalue weighted by atomic mass is 9.88. The van der Waals surface area contributed by atoms with E-state index in [2.05, 4.69) is 10.5 Å². The van der Waals surface area contributed by atoms with Crippen molar-refractivity contribution in [3.63, 3.8) is 0 Å². The molecule has 5 nitrogen and oxygen atoms in total. The Balaban J connectivity index is 1.72. The zero-order chi connectivity index (χ0) is 10.3. The third-order valence-electron chi connectivity index (χ3n) is 3.25. The van der Waals surface area contributed by atoms with Gasteiger partial charge in [-0.2, -0.15) is 0 Å². The lowest BCUT2D eigenvalue weighted by Crippen LogP contribution is -2.69. The molecular formula is C10H13N3O2. The topological polar surface area (TPSA) is 58.4 Å². The minimum Gasteiger partial charge on any atom is -0.351 e. The molecule has 0 bridgehead atoms. The Labute approximate surface area is 87.4 Å². The molecule has 1 aromatic heterocycles. The van der Waals surface area contributed by atoms with Crippen LogP contribution in [0.5, 0.6) is 0 Å². The van der Waals surface area contributed by atoms with Crippen molar-refractivity contribution in [2.75, 3.05) is 13.1 Å². The van der Waals surface area contributed by atoms with Gasteiger partial charge in [0.05, 0.1) is 6.20 Å². The molecule has 1 amide bonds. The summed E-state index contributed by atoms with van der Waals surface area (Å²) < 4.78 is 4.87. The van der Waals surface area contributed by atoms with Gasteiger partial charge in [0.15, 0.2) is 0 Å². The van der Waals surface area contributed by atoms with Crippen LogP contribution in [0.3, 0.4) is 0 Å².